The Bertz CT molecular complexity index is 358. The third-order valence-electron chi connectivity index (χ3n) is 4.76. The maximum absolute atomic E-state index is 5.54. The average molecular weight is 308 g/mol. The molecule has 0 spiro atoms. The quantitative estimate of drug-likeness (QED) is 0.446. The van der Waals surface area contributed by atoms with E-state index in [-0.39, 0.29) is 5.54 Å². The van der Waals surface area contributed by atoms with Crippen LogP contribution >= 0.6 is 0 Å². The average Bonchev–Trinajstić information content (AvgIpc) is 2.59. The van der Waals surface area contributed by atoms with Gasteiger partial charge in [0.2, 0.25) is 0 Å². The number of guanidine groups is 1. The summed E-state index contributed by atoms with van der Waals surface area (Å²) in [5.74, 6) is 0.903. The minimum Gasteiger partial charge on any atom is -0.379 e. The molecule has 1 aliphatic heterocycles. The second-order valence-corrected chi connectivity index (χ2v) is 6.25. The molecule has 126 valence electrons. The van der Waals surface area contributed by atoms with Crippen molar-refractivity contribution >= 4 is 5.96 Å². The largest absolute Gasteiger partial charge is 0.379 e. The van der Waals surface area contributed by atoms with Gasteiger partial charge in [-0.3, -0.25) is 9.89 Å². The molecule has 2 rings (SSSR count). The zero-order chi connectivity index (χ0) is 15.7. The predicted molar refractivity (Wildman–Crippen MR) is 92.4 cm³/mol. The van der Waals surface area contributed by atoms with Crippen LogP contribution in [0.15, 0.2) is 17.6 Å². The van der Waals surface area contributed by atoms with Gasteiger partial charge in [0.25, 0.3) is 0 Å². The van der Waals surface area contributed by atoms with Gasteiger partial charge in [0.1, 0.15) is 0 Å². The number of ether oxygens (including phenoxy) is 1. The molecule has 5 nitrogen and oxygen atoms in total. The van der Waals surface area contributed by atoms with E-state index in [2.05, 4.69) is 29.0 Å². The van der Waals surface area contributed by atoms with Crippen LogP contribution in [-0.2, 0) is 4.74 Å². The summed E-state index contributed by atoms with van der Waals surface area (Å²) in [5, 5.41) is 6.63. The van der Waals surface area contributed by atoms with Crippen molar-refractivity contribution in [2.75, 3.05) is 45.9 Å². The molecule has 5 heteroatoms. The summed E-state index contributed by atoms with van der Waals surface area (Å²) >= 11 is 0. The lowest BCUT2D eigenvalue weighted by Gasteiger charge is -2.47. The summed E-state index contributed by atoms with van der Waals surface area (Å²) < 4.78 is 5.54. The first kappa shape index (κ1) is 17.3. The molecular weight excluding hydrogens is 276 g/mol. The predicted octanol–water partition coefficient (Wildman–Crippen LogP) is 1.76. The molecule has 0 bridgehead atoms. The van der Waals surface area contributed by atoms with E-state index in [4.69, 9.17) is 9.73 Å². The van der Waals surface area contributed by atoms with Gasteiger partial charge in [0.15, 0.2) is 5.96 Å². The van der Waals surface area contributed by atoms with Crippen molar-refractivity contribution in [3.05, 3.63) is 12.7 Å². The van der Waals surface area contributed by atoms with Crippen LogP contribution in [0.4, 0.5) is 0 Å². The first-order chi connectivity index (χ1) is 10.8. The van der Waals surface area contributed by atoms with Crippen LogP contribution in [-0.4, -0.2) is 62.3 Å². The monoisotopic (exact) mass is 308 g/mol. The number of morpholine rings is 1. The molecule has 0 aromatic carbocycles. The molecule has 2 fully saturated rings. The first-order valence-electron chi connectivity index (χ1n) is 8.76. The van der Waals surface area contributed by atoms with Gasteiger partial charge in [0.05, 0.1) is 19.8 Å². The zero-order valence-corrected chi connectivity index (χ0v) is 14.1. The summed E-state index contributed by atoms with van der Waals surface area (Å²) in [6.07, 6.45) is 8.40. The summed E-state index contributed by atoms with van der Waals surface area (Å²) in [6, 6.07) is 0. The van der Waals surface area contributed by atoms with E-state index in [0.717, 1.165) is 51.9 Å². The normalized spacial score (nSPS) is 23.0. The third-order valence-corrected chi connectivity index (χ3v) is 4.76. The molecule has 2 N–H and O–H groups in total. The minimum absolute atomic E-state index is 0.235. The number of nitrogens with one attached hydrogen (secondary N) is 2. The number of rotatable bonds is 6. The Labute approximate surface area is 135 Å². The van der Waals surface area contributed by atoms with Crippen LogP contribution in [0.1, 0.15) is 39.0 Å². The molecule has 0 aromatic heterocycles. The molecule has 0 radical (unpaired) electrons. The van der Waals surface area contributed by atoms with Crippen molar-refractivity contribution in [3.63, 3.8) is 0 Å². The fraction of sp³-hybridized carbons (Fsp3) is 0.824. The van der Waals surface area contributed by atoms with E-state index in [1.165, 1.54) is 32.1 Å². The van der Waals surface area contributed by atoms with E-state index < -0.39 is 0 Å². The minimum atomic E-state index is 0.235. The van der Waals surface area contributed by atoms with E-state index in [0.29, 0.717) is 0 Å². The molecule has 0 aromatic rings. The van der Waals surface area contributed by atoms with Crippen molar-refractivity contribution in [1.82, 2.24) is 15.5 Å². The van der Waals surface area contributed by atoms with Crippen molar-refractivity contribution in [3.8, 4) is 0 Å². The van der Waals surface area contributed by atoms with Gasteiger partial charge in [-0.05, 0) is 19.8 Å². The van der Waals surface area contributed by atoms with Crippen LogP contribution in [0.25, 0.3) is 0 Å². The van der Waals surface area contributed by atoms with Gasteiger partial charge in [-0.15, -0.1) is 6.58 Å². The molecule has 1 aliphatic carbocycles. The molecule has 1 heterocycles. The van der Waals surface area contributed by atoms with Gasteiger partial charge in [-0.25, -0.2) is 0 Å². The first-order valence-corrected chi connectivity index (χ1v) is 8.76. The Morgan fingerprint density at radius 3 is 2.59 bits per heavy atom. The number of hydrogen-bond acceptors (Lipinski definition) is 3. The fourth-order valence-electron chi connectivity index (χ4n) is 3.56. The molecule has 1 saturated carbocycles. The van der Waals surface area contributed by atoms with Gasteiger partial charge < -0.3 is 15.4 Å². The lowest BCUT2D eigenvalue weighted by atomic mass is 9.80. The van der Waals surface area contributed by atoms with E-state index >= 15 is 0 Å². The Morgan fingerprint density at radius 2 is 1.95 bits per heavy atom. The smallest absolute Gasteiger partial charge is 0.191 e. The van der Waals surface area contributed by atoms with Crippen molar-refractivity contribution in [1.29, 1.82) is 0 Å². The topological polar surface area (TPSA) is 48.9 Å². The highest BCUT2D eigenvalue weighted by Gasteiger charge is 2.38. The van der Waals surface area contributed by atoms with E-state index in [1.807, 2.05) is 6.08 Å². The molecule has 0 unspecified atom stereocenters. The third kappa shape index (κ3) is 4.71. The molecule has 1 saturated heterocycles. The Kier molecular flexibility index (Phi) is 7.19. The molecular formula is C17H32N4O. The van der Waals surface area contributed by atoms with Crippen molar-refractivity contribution in [2.24, 2.45) is 4.99 Å². The molecule has 22 heavy (non-hydrogen) atoms. The highest BCUT2D eigenvalue weighted by molar-refractivity contribution is 5.79. The highest BCUT2D eigenvalue weighted by atomic mass is 16.5. The lowest BCUT2D eigenvalue weighted by Crippen LogP contribution is -2.56. The molecule has 0 atom stereocenters. The lowest BCUT2D eigenvalue weighted by molar-refractivity contribution is -0.0333. The number of aliphatic imine (C=N–C) groups is 1. The van der Waals surface area contributed by atoms with Crippen LogP contribution in [0, 0.1) is 0 Å². The van der Waals surface area contributed by atoms with Crippen molar-refractivity contribution in [2.45, 2.75) is 44.6 Å². The summed E-state index contributed by atoms with van der Waals surface area (Å²) in [5.41, 5.74) is 0.235. The van der Waals surface area contributed by atoms with Gasteiger partial charge >= 0.3 is 0 Å². The maximum atomic E-state index is 5.54. The standard InChI is InChI=1S/C17H32N4O/c1-3-10-19-16(18-4-2)20-15-17(8-6-5-7-9-17)21-11-13-22-14-12-21/h3H,1,4-15H2,2H3,(H2,18,19,20). The number of hydrogen-bond donors (Lipinski definition) is 2. The van der Waals surface area contributed by atoms with E-state index in [9.17, 15) is 0 Å². The van der Waals surface area contributed by atoms with Crippen molar-refractivity contribution < 1.29 is 4.74 Å². The van der Waals surface area contributed by atoms with Gasteiger partial charge in [-0.1, -0.05) is 25.3 Å². The van der Waals surface area contributed by atoms with Crippen LogP contribution < -0.4 is 10.6 Å². The van der Waals surface area contributed by atoms with Crippen LogP contribution in [0.3, 0.4) is 0 Å². The second-order valence-electron chi connectivity index (χ2n) is 6.25. The van der Waals surface area contributed by atoms with Crippen LogP contribution in [0.2, 0.25) is 0 Å². The summed E-state index contributed by atoms with van der Waals surface area (Å²) in [7, 11) is 0. The Morgan fingerprint density at radius 1 is 1.23 bits per heavy atom. The summed E-state index contributed by atoms with van der Waals surface area (Å²) in [4.78, 5) is 7.52. The Balaban J connectivity index is 2.05. The SMILES string of the molecule is C=CCNC(=NCC1(N2CCOCC2)CCCCC1)NCC. The number of nitrogens with zero attached hydrogens (tertiary/aromatic N) is 2. The van der Waals surface area contributed by atoms with Gasteiger partial charge in [-0.2, -0.15) is 0 Å². The second kappa shape index (κ2) is 9.16. The maximum Gasteiger partial charge on any atom is 0.191 e. The molecule has 0 amide bonds. The van der Waals surface area contributed by atoms with Gasteiger partial charge in [0, 0.05) is 31.7 Å². The summed E-state index contributed by atoms with van der Waals surface area (Å²) in [6.45, 7) is 12.2. The Hall–Kier alpha value is -1.07. The highest BCUT2D eigenvalue weighted by Crippen LogP contribution is 2.34. The van der Waals surface area contributed by atoms with Crippen LogP contribution in [0.5, 0.6) is 0 Å². The fourth-order valence-corrected chi connectivity index (χ4v) is 3.56. The molecule has 2 aliphatic rings. The van der Waals surface area contributed by atoms with E-state index in [1.54, 1.807) is 0 Å². The zero-order valence-electron chi connectivity index (χ0n) is 14.1.